The summed E-state index contributed by atoms with van der Waals surface area (Å²) >= 11 is 23.1. The topological polar surface area (TPSA) is 0 Å². The van der Waals surface area contributed by atoms with E-state index in [0.717, 1.165) is 17.9 Å². The van der Waals surface area contributed by atoms with Crippen molar-refractivity contribution in [2.45, 2.75) is 18.9 Å². The molecule has 0 heterocycles. The van der Waals surface area contributed by atoms with Gasteiger partial charge in [-0.05, 0) is 36.6 Å². The molecule has 0 aromatic heterocycles. The molecule has 5 heteroatoms. The van der Waals surface area contributed by atoms with Crippen molar-refractivity contribution in [1.29, 1.82) is 0 Å². The van der Waals surface area contributed by atoms with Gasteiger partial charge < -0.3 is 0 Å². The van der Waals surface area contributed by atoms with E-state index in [0.29, 0.717) is 6.04 Å². The van der Waals surface area contributed by atoms with Gasteiger partial charge in [-0.2, -0.15) is 0 Å². The molecule has 0 saturated carbocycles. The lowest BCUT2D eigenvalue weighted by Crippen LogP contribution is -2.08. The minimum atomic E-state index is -2.43. The Morgan fingerprint density at radius 2 is 1.57 bits per heavy atom. The van der Waals surface area contributed by atoms with Gasteiger partial charge in [-0.15, -0.1) is 33.2 Å². The summed E-state index contributed by atoms with van der Waals surface area (Å²) in [5.41, 5.74) is 1.23. The minimum Gasteiger partial charge on any atom is -0.126 e. The van der Waals surface area contributed by atoms with Crippen molar-refractivity contribution < 1.29 is 0 Å². The molecular formula is C9H10Cl4Si. The second kappa shape index (κ2) is 5.62. The molecule has 14 heavy (non-hydrogen) atoms. The third-order valence-corrected chi connectivity index (χ3v) is 4.71. The smallest absolute Gasteiger partial charge is 0.126 e. The highest BCUT2D eigenvalue weighted by Crippen LogP contribution is 2.27. The summed E-state index contributed by atoms with van der Waals surface area (Å²) in [6.07, 6.45) is 1.86. The molecule has 0 atom stereocenters. The Morgan fingerprint density at radius 1 is 1.00 bits per heavy atom. The third-order valence-electron chi connectivity index (χ3n) is 1.84. The lowest BCUT2D eigenvalue weighted by Gasteiger charge is -2.06. The van der Waals surface area contributed by atoms with Gasteiger partial charge in [-0.3, -0.25) is 0 Å². The Kier molecular flexibility index (Phi) is 5.08. The number of aryl methyl sites for hydroxylation is 1. The summed E-state index contributed by atoms with van der Waals surface area (Å²) in [6, 6.07) is 6.04. The fourth-order valence-electron chi connectivity index (χ4n) is 1.14. The van der Waals surface area contributed by atoms with Crippen LogP contribution < -0.4 is 0 Å². The molecule has 0 bridgehead atoms. The third kappa shape index (κ3) is 5.47. The van der Waals surface area contributed by atoms with Gasteiger partial charge >= 0.3 is 6.00 Å². The average molecular weight is 288 g/mol. The Labute approximate surface area is 104 Å². The van der Waals surface area contributed by atoms with Crippen molar-refractivity contribution in [2.24, 2.45) is 0 Å². The molecule has 0 aliphatic heterocycles. The van der Waals surface area contributed by atoms with Crippen LogP contribution in [0.4, 0.5) is 0 Å². The van der Waals surface area contributed by atoms with E-state index in [1.807, 2.05) is 24.3 Å². The fraction of sp³-hybridized carbons (Fsp3) is 0.333. The zero-order valence-electron chi connectivity index (χ0n) is 7.44. The van der Waals surface area contributed by atoms with Crippen LogP contribution in [-0.2, 0) is 6.42 Å². The second-order valence-corrected chi connectivity index (χ2v) is 12.8. The summed E-state index contributed by atoms with van der Waals surface area (Å²) in [4.78, 5) is 0. The number of halogens is 4. The molecule has 0 aliphatic carbocycles. The molecule has 0 saturated heterocycles. The summed E-state index contributed by atoms with van der Waals surface area (Å²) in [5, 5.41) is 0.754. The highest BCUT2D eigenvalue weighted by atomic mass is 35.8. The number of benzene rings is 1. The summed E-state index contributed by atoms with van der Waals surface area (Å²) in [5.74, 6) is 0. The van der Waals surface area contributed by atoms with Crippen LogP contribution in [-0.4, -0.2) is 6.00 Å². The van der Waals surface area contributed by atoms with E-state index >= 15 is 0 Å². The number of hydrogen-bond acceptors (Lipinski definition) is 0. The predicted octanol–water partition coefficient (Wildman–Crippen LogP) is 4.93. The van der Waals surface area contributed by atoms with E-state index in [-0.39, 0.29) is 0 Å². The van der Waals surface area contributed by atoms with Gasteiger partial charge in [0.2, 0.25) is 0 Å². The van der Waals surface area contributed by atoms with Gasteiger partial charge in [0, 0.05) is 5.02 Å². The SMILES string of the molecule is Clc1ccc(CCC[Si](Cl)(Cl)Cl)cc1. The number of hydrogen-bond donors (Lipinski definition) is 0. The predicted molar refractivity (Wildman–Crippen MR) is 67.9 cm³/mol. The van der Waals surface area contributed by atoms with Gasteiger partial charge in [-0.1, -0.05) is 23.7 Å². The fourth-order valence-corrected chi connectivity index (χ4v) is 3.05. The van der Waals surface area contributed by atoms with E-state index in [9.17, 15) is 0 Å². The maximum atomic E-state index is 5.77. The zero-order chi connectivity index (χ0) is 10.6. The minimum absolute atomic E-state index is 0.709. The Bertz CT molecular complexity index is 278. The standard InChI is InChI=1S/C9H10Cl4Si/c10-9-5-3-8(4-6-9)2-1-7-14(11,12)13/h3-6H,1-2,7H2. The lowest BCUT2D eigenvalue weighted by molar-refractivity contribution is 0.915. The molecule has 78 valence electrons. The van der Waals surface area contributed by atoms with Crippen LogP contribution in [0.1, 0.15) is 12.0 Å². The summed E-state index contributed by atoms with van der Waals surface area (Å²) in [6.45, 7) is 0. The zero-order valence-corrected chi connectivity index (χ0v) is 11.5. The van der Waals surface area contributed by atoms with Gasteiger partial charge in [0.25, 0.3) is 0 Å². The van der Waals surface area contributed by atoms with Crippen LogP contribution in [0.25, 0.3) is 0 Å². The molecule has 1 rings (SSSR count). The Hall–Kier alpha value is 0.597. The molecule has 0 amide bonds. The molecule has 0 N–H and O–H groups in total. The average Bonchev–Trinajstić information content (AvgIpc) is 2.06. The van der Waals surface area contributed by atoms with Crippen LogP contribution in [0.15, 0.2) is 24.3 Å². The van der Waals surface area contributed by atoms with E-state index in [1.165, 1.54) is 5.56 Å². The van der Waals surface area contributed by atoms with E-state index in [1.54, 1.807) is 0 Å². The lowest BCUT2D eigenvalue weighted by atomic mass is 10.1. The van der Waals surface area contributed by atoms with E-state index in [4.69, 9.17) is 44.8 Å². The first-order chi connectivity index (χ1) is 6.47. The molecule has 0 unspecified atom stereocenters. The first-order valence-electron chi connectivity index (χ1n) is 4.28. The molecule has 1 aromatic carbocycles. The molecule has 0 nitrogen and oxygen atoms in total. The Balaban J connectivity index is 2.35. The van der Waals surface area contributed by atoms with Crippen molar-refractivity contribution in [1.82, 2.24) is 0 Å². The largest absolute Gasteiger partial charge is 0.341 e. The quantitative estimate of drug-likeness (QED) is 0.544. The molecule has 0 radical (unpaired) electrons. The van der Waals surface area contributed by atoms with Gasteiger partial charge in [-0.25, -0.2) is 0 Å². The van der Waals surface area contributed by atoms with Gasteiger partial charge in [0.05, 0.1) is 0 Å². The van der Waals surface area contributed by atoms with Crippen LogP contribution in [0.5, 0.6) is 0 Å². The van der Waals surface area contributed by atoms with Crippen molar-refractivity contribution in [3.05, 3.63) is 34.9 Å². The van der Waals surface area contributed by atoms with Crippen LogP contribution in [0.3, 0.4) is 0 Å². The first kappa shape index (κ1) is 12.7. The van der Waals surface area contributed by atoms with Crippen LogP contribution >= 0.6 is 44.8 Å². The summed E-state index contributed by atoms with van der Waals surface area (Å²) < 4.78 is 0. The summed E-state index contributed by atoms with van der Waals surface area (Å²) in [7, 11) is 0. The molecule has 0 aliphatic rings. The Morgan fingerprint density at radius 3 is 2.07 bits per heavy atom. The van der Waals surface area contributed by atoms with Crippen LogP contribution in [0, 0.1) is 0 Å². The van der Waals surface area contributed by atoms with Crippen LogP contribution in [0.2, 0.25) is 11.1 Å². The number of rotatable bonds is 4. The first-order valence-corrected chi connectivity index (χ1v) is 9.91. The van der Waals surface area contributed by atoms with Crippen molar-refractivity contribution >= 4 is 50.8 Å². The second-order valence-electron chi connectivity index (χ2n) is 3.10. The highest BCUT2D eigenvalue weighted by Gasteiger charge is 2.23. The van der Waals surface area contributed by atoms with Crippen molar-refractivity contribution in [3.8, 4) is 0 Å². The highest BCUT2D eigenvalue weighted by molar-refractivity contribution is 7.64. The maximum Gasteiger partial charge on any atom is 0.341 e. The normalized spacial score (nSPS) is 11.7. The monoisotopic (exact) mass is 286 g/mol. The van der Waals surface area contributed by atoms with Gasteiger partial charge in [0.1, 0.15) is 0 Å². The van der Waals surface area contributed by atoms with E-state index < -0.39 is 6.00 Å². The van der Waals surface area contributed by atoms with E-state index in [2.05, 4.69) is 0 Å². The molecule has 0 spiro atoms. The van der Waals surface area contributed by atoms with Crippen molar-refractivity contribution in [3.63, 3.8) is 0 Å². The maximum absolute atomic E-state index is 5.77. The molecule has 1 aromatic rings. The van der Waals surface area contributed by atoms with Gasteiger partial charge in [0.15, 0.2) is 0 Å². The molecular weight excluding hydrogens is 278 g/mol. The van der Waals surface area contributed by atoms with Crippen molar-refractivity contribution in [2.75, 3.05) is 0 Å². The molecule has 0 fully saturated rings.